The molecule has 0 aromatic heterocycles. The van der Waals surface area contributed by atoms with E-state index in [-0.39, 0.29) is 0 Å². The monoisotopic (exact) mass is 263 g/mol. The zero-order valence-corrected chi connectivity index (χ0v) is 12.5. The Kier molecular flexibility index (Phi) is 9.11. The van der Waals surface area contributed by atoms with Crippen molar-refractivity contribution in [2.45, 2.75) is 39.2 Å². The van der Waals surface area contributed by atoms with Gasteiger partial charge in [0.25, 0.3) is 0 Å². The van der Waals surface area contributed by atoms with Crippen LogP contribution in [0.1, 0.15) is 33.6 Å². The summed E-state index contributed by atoms with van der Waals surface area (Å²) in [5.41, 5.74) is 0.414. The summed E-state index contributed by atoms with van der Waals surface area (Å²) in [4.78, 5) is 11.9. The lowest BCUT2D eigenvalue weighted by atomic mass is 10.2. The standard InChI is InChI=1S/C11H25NO4Si/c1-5-15-17(16-6-2)10(3)8-7-9-12(4)11(13)14/h10,17H,5-9H2,1-4H3,(H,13,14). The van der Waals surface area contributed by atoms with E-state index in [9.17, 15) is 4.79 Å². The van der Waals surface area contributed by atoms with Crippen molar-refractivity contribution in [1.29, 1.82) is 0 Å². The Labute approximate surface area is 106 Å². The highest BCUT2D eigenvalue weighted by Crippen LogP contribution is 2.18. The lowest BCUT2D eigenvalue weighted by Crippen LogP contribution is -2.29. The number of nitrogens with zero attached hydrogens (tertiary/aromatic N) is 1. The quantitative estimate of drug-likeness (QED) is 0.647. The van der Waals surface area contributed by atoms with Gasteiger partial charge in [0, 0.05) is 26.8 Å². The minimum Gasteiger partial charge on any atom is -0.465 e. The van der Waals surface area contributed by atoms with E-state index in [0.717, 1.165) is 12.8 Å². The van der Waals surface area contributed by atoms with Crippen LogP contribution in [0.2, 0.25) is 5.54 Å². The fourth-order valence-corrected chi connectivity index (χ4v) is 3.51. The van der Waals surface area contributed by atoms with Gasteiger partial charge in [0.15, 0.2) is 0 Å². The summed E-state index contributed by atoms with van der Waals surface area (Å²) in [7, 11) is 0.00885. The SMILES string of the molecule is CCO[SiH](OCC)C(C)CCCN(C)C(=O)O. The predicted molar refractivity (Wildman–Crippen MR) is 69.7 cm³/mol. The maximum atomic E-state index is 10.6. The number of rotatable bonds is 9. The third-order valence-corrected chi connectivity index (χ3v) is 5.19. The van der Waals surface area contributed by atoms with Crippen molar-refractivity contribution in [3.63, 3.8) is 0 Å². The van der Waals surface area contributed by atoms with Crippen molar-refractivity contribution in [3.8, 4) is 0 Å². The third kappa shape index (κ3) is 7.35. The van der Waals surface area contributed by atoms with Crippen LogP contribution >= 0.6 is 0 Å². The van der Waals surface area contributed by atoms with Crippen molar-refractivity contribution in [1.82, 2.24) is 4.90 Å². The number of amides is 1. The van der Waals surface area contributed by atoms with Gasteiger partial charge in [-0.05, 0) is 32.2 Å². The largest absolute Gasteiger partial charge is 0.465 e. The van der Waals surface area contributed by atoms with E-state index in [1.54, 1.807) is 7.05 Å². The molecule has 0 fully saturated rings. The van der Waals surface area contributed by atoms with Gasteiger partial charge < -0.3 is 18.9 Å². The van der Waals surface area contributed by atoms with Crippen molar-refractivity contribution in [2.24, 2.45) is 0 Å². The molecule has 1 amide bonds. The molecular formula is C11H25NO4Si. The molecule has 0 spiro atoms. The van der Waals surface area contributed by atoms with E-state index < -0.39 is 15.4 Å². The molecule has 0 aliphatic carbocycles. The zero-order chi connectivity index (χ0) is 13.3. The van der Waals surface area contributed by atoms with E-state index in [4.69, 9.17) is 14.0 Å². The lowest BCUT2D eigenvalue weighted by Gasteiger charge is -2.22. The van der Waals surface area contributed by atoms with E-state index in [1.807, 2.05) is 13.8 Å². The Morgan fingerprint density at radius 2 is 1.88 bits per heavy atom. The average molecular weight is 263 g/mol. The maximum Gasteiger partial charge on any atom is 0.407 e. The highest BCUT2D eigenvalue weighted by Gasteiger charge is 2.21. The summed E-state index contributed by atoms with van der Waals surface area (Å²) < 4.78 is 11.3. The first-order valence-electron chi connectivity index (χ1n) is 6.20. The molecule has 0 saturated heterocycles. The highest BCUT2D eigenvalue weighted by atomic mass is 28.3. The second kappa shape index (κ2) is 9.44. The normalized spacial score (nSPS) is 12.8. The molecule has 0 bridgehead atoms. The van der Waals surface area contributed by atoms with E-state index in [0.29, 0.717) is 25.3 Å². The molecule has 1 unspecified atom stereocenters. The Bertz CT molecular complexity index is 210. The Morgan fingerprint density at radius 3 is 2.29 bits per heavy atom. The topological polar surface area (TPSA) is 59.0 Å². The van der Waals surface area contributed by atoms with Crippen LogP contribution < -0.4 is 0 Å². The molecule has 0 radical (unpaired) electrons. The van der Waals surface area contributed by atoms with E-state index in [2.05, 4.69) is 6.92 Å². The molecule has 0 aliphatic heterocycles. The number of carboxylic acid groups (broad SMARTS) is 1. The number of hydrogen-bond donors (Lipinski definition) is 1. The van der Waals surface area contributed by atoms with Gasteiger partial charge >= 0.3 is 15.4 Å². The average Bonchev–Trinajstić information content (AvgIpc) is 2.28. The summed E-state index contributed by atoms with van der Waals surface area (Å²) in [6.45, 7) is 8.03. The molecule has 17 heavy (non-hydrogen) atoms. The van der Waals surface area contributed by atoms with Gasteiger partial charge in [-0.1, -0.05) is 6.92 Å². The van der Waals surface area contributed by atoms with Gasteiger partial charge in [-0.3, -0.25) is 0 Å². The van der Waals surface area contributed by atoms with Crippen LogP contribution in [0.25, 0.3) is 0 Å². The first kappa shape index (κ1) is 16.4. The van der Waals surface area contributed by atoms with Crippen LogP contribution in [0.15, 0.2) is 0 Å². The maximum absolute atomic E-state index is 10.6. The van der Waals surface area contributed by atoms with Crippen molar-refractivity contribution in [2.75, 3.05) is 26.8 Å². The highest BCUT2D eigenvalue weighted by molar-refractivity contribution is 6.46. The van der Waals surface area contributed by atoms with Gasteiger partial charge in [0.2, 0.25) is 0 Å². The summed E-state index contributed by atoms with van der Waals surface area (Å²) in [6.07, 6.45) is 0.934. The van der Waals surface area contributed by atoms with E-state index >= 15 is 0 Å². The van der Waals surface area contributed by atoms with Crippen molar-refractivity contribution < 1.29 is 18.8 Å². The lowest BCUT2D eigenvalue weighted by molar-refractivity contribution is 0.155. The van der Waals surface area contributed by atoms with Crippen molar-refractivity contribution in [3.05, 3.63) is 0 Å². The minimum absolute atomic E-state index is 0.414. The number of carbonyl (C=O) groups is 1. The van der Waals surface area contributed by atoms with Crippen LogP contribution in [0.5, 0.6) is 0 Å². The molecule has 0 saturated carbocycles. The molecule has 0 heterocycles. The van der Waals surface area contributed by atoms with Gasteiger partial charge in [0.1, 0.15) is 0 Å². The summed E-state index contributed by atoms with van der Waals surface area (Å²) >= 11 is 0. The summed E-state index contributed by atoms with van der Waals surface area (Å²) in [6, 6.07) is 0. The first-order chi connectivity index (χ1) is 8.02. The van der Waals surface area contributed by atoms with Crippen LogP contribution in [-0.4, -0.2) is 52.2 Å². The Hall–Kier alpha value is -0.593. The summed E-state index contributed by atoms with van der Waals surface area (Å²) in [5, 5.41) is 8.71. The predicted octanol–water partition coefficient (Wildman–Crippen LogP) is 2.06. The van der Waals surface area contributed by atoms with Crippen LogP contribution in [0.4, 0.5) is 4.79 Å². The fourth-order valence-electron chi connectivity index (χ4n) is 1.59. The molecular weight excluding hydrogens is 238 g/mol. The van der Waals surface area contributed by atoms with Crippen LogP contribution in [0, 0.1) is 0 Å². The third-order valence-electron chi connectivity index (χ3n) is 2.61. The fraction of sp³-hybridized carbons (Fsp3) is 0.909. The molecule has 102 valence electrons. The zero-order valence-electron chi connectivity index (χ0n) is 11.3. The Morgan fingerprint density at radius 1 is 1.35 bits per heavy atom. The molecule has 1 N–H and O–H groups in total. The smallest absolute Gasteiger partial charge is 0.407 e. The molecule has 0 aliphatic rings. The van der Waals surface area contributed by atoms with E-state index in [1.165, 1.54) is 4.90 Å². The minimum atomic E-state index is -1.58. The number of hydrogen-bond acceptors (Lipinski definition) is 3. The van der Waals surface area contributed by atoms with Gasteiger partial charge in [0.05, 0.1) is 0 Å². The molecule has 1 atom stereocenters. The Balaban J connectivity index is 3.88. The molecule has 0 aromatic carbocycles. The van der Waals surface area contributed by atoms with Crippen molar-refractivity contribution >= 4 is 15.4 Å². The molecule has 0 rings (SSSR count). The summed E-state index contributed by atoms with van der Waals surface area (Å²) in [5.74, 6) is 0. The molecule has 6 heteroatoms. The van der Waals surface area contributed by atoms with Crippen LogP contribution in [-0.2, 0) is 8.85 Å². The van der Waals surface area contributed by atoms with Crippen LogP contribution in [0.3, 0.4) is 0 Å². The second-order valence-electron chi connectivity index (χ2n) is 4.10. The van der Waals surface area contributed by atoms with Gasteiger partial charge in [-0.25, -0.2) is 4.79 Å². The van der Waals surface area contributed by atoms with Gasteiger partial charge in [-0.15, -0.1) is 0 Å². The molecule has 0 aromatic rings. The first-order valence-corrected chi connectivity index (χ1v) is 7.81. The second-order valence-corrected chi connectivity index (χ2v) is 6.64. The van der Waals surface area contributed by atoms with Gasteiger partial charge in [-0.2, -0.15) is 0 Å². The molecule has 5 nitrogen and oxygen atoms in total.